The van der Waals surface area contributed by atoms with Crippen molar-refractivity contribution in [2.45, 2.75) is 31.7 Å². The maximum Gasteiger partial charge on any atom is 0.0937 e. The van der Waals surface area contributed by atoms with Crippen LogP contribution in [0.3, 0.4) is 0 Å². The van der Waals surface area contributed by atoms with Crippen molar-refractivity contribution in [1.82, 2.24) is 15.3 Å². The van der Waals surface area contributed by atoms with Crippen LogP contribution >= 0.6 is 0 Å². The summed E-state index contributed by atoms with van der Waals surface area (Å²) in [5.74, 6) is 0. The minimum atomic E-state index is 0.265. The molecule has 0 bridgehead atoms. The van der Waals surface area contributed by atoms with Crippen molar-refractivity contribution in [3.05, 3.63) is 47.8 Å². The second-order valence-electron chi connectivity index (χ2n) is 5.02. The third-order valence-electron chi connectivity index (χ3n) is 3.83. The standard InChI is InChI=1S/C16H19N3/c1-17-15(12-6-3-2-4-7-12)13-8-5-9-14-16(13)19-11-10-18-14/h5-6,8-11,15,17H,2-4,7H2,1H3. The zero-order chi connectivity index (χ0) is 13.1. The zero-order valence-electron chi connectivity index (χ0n) is 11.3. The summed E-state index contributed by atoms with van der Waals surface area (Å²) in [5.41, 5.74) is 4.71. The SMILES string of the molecule is CNC(C1=CCCCC1)c1cccc2nccnc12. The smallest absolute Gasteiger partial charge is 0.0937 e. The molecule has 0 saturated heterocycles. The highest BCUT2D eigenvalue weighted by Crippen LogP contribution is 2.32. The average Bonchev–Trinajstić information content (AvgIpc) is 2.49. The predicted molar refractivity (Wildman–Crippen MR) is 77.9 cm³/mol. The van der Waals surface area contributed by atoms with Crippen molar-refractivity contribution in [3.8, 4) is 0 Å². The molecule has 0 aliphatic heterocycles. The molecule has 3 heteroatoms. The summed E-state index contributed by atoms with van der Waals surface area (Å²) in [6.07, 6.45) is 10.9. The topological polar surface area (TPSA) is 37.8 Å². The van der Waals surface area contributed by atoms with Gasteiger partial charge in [-0.2, -0.15) is 0 Å². The Morgan fingerprint density at radius 3 is 2.84 bits per heavy atom. The third-order valence-corrected chi connectivity index (χ3v) is 3.83. The number of nitrogens with zero attached hydrogens (tertiary/aromatic N) is 2. The highest BCUT2D eigenvalue weighted by molar-refractivity contribution is 5.78. The lowest BCUT2D eigenvalue weighted by molar-refractivity contribution is 0.595. The molecule has 0 radical (unpaired) electrons. The van der Waals surface area contributed by atoms with Gasteiger partial charge in [-0.1, -0.05) is 23.8 Å². The Bertz CT molecular complexity index is 598. The van der Waals surface area contributed by atoms with E-state index < -0.39 is 0 Å². The Balaban J connectivity index is 2.08. The molecule has 1 atom stereocenters. The van der Waals surface area contributed by atoms with Crippen molar-refractivity contribution in [1.29, 1.82) is 0 Å². The van der Waals surface area contributed by atoms with Crippen molar-refractivity contribution < 1.29 is 0 Å². The molecule has 98 valence electrons. The Morgan fingerprint density at radius 1 is 1.16 bits per heavy atom. The van der Waals surface area contributed by atoms with Crippen molar-refractivity contribution in [3.63, 3.8) is 0 Å². The summed E-state index contributed by atoms with van der Waals surface area (Å²) in [6, 6.07) is 6.52. The largest absolute Gasteiger partial charge is 0.310 e. The Labute approximate surface area is 113 Å². The van der Waals surface area contributed by atoms with E-state index in [-0.39, 0.29) is 6.04 Å². The molecular weight excluding hydrogens is 234 g/mol. The van der Waals surface area contributed by atoms with E-state index in [4.69, 9.17) is 0 Å². The Morgan fingerprint density at radius 2 is 2.05 bits per heavy atom. The van der Waals surface area contributed by atoms with Gasteiger partial charge < -0.3 is 5.32 Å². The number of hydrogen-bond acceptors (Lipinski definition) is 3. The first-order valence-corrected chi connectivity index (χ1v) is 6.96. The molecule has 2 aromatic rings. The van der Waals surface area contributed by atoms with Gasteiger partial charge in [0.1, 0.15) is 0 Å². The van der Waals surface area contributed by atoms with Gasteiger partial charge in [-0.15, -0.1) is 0 Å². The maximum absolute atomic E-state index is 4.52. The predicted octanol–water partition coefficient (Wildman–Crippen LogP) is 3.39. The van der Waals surface area contributed by atoms with E-state index in [0.717, 1.165) is 11.0 Å². The molecule has 0 amide bonds. The number of hydrogen-bond donors (Lipinski definition) is 1. The molecule has 3 nitrogen and oxygen atoms in total. The number of aromatic nitrogens is 2. The van der Waals surface area contributed by atoms with Gasteiger partial charge in [0, 0.05) is 18.0 Å². The Kier molecular flexibility index (Phi) is 3.56. The molecule has 1 N–H and O–H groups in total. The molecule has 1 unspecified atom stereocenters. The summed E-state index contributed by atoms with van der Waals surface area (Å²) >= 11 is 0. The lowest BCUT2D eigenvalue weighted by Crippen LogP contribution is -2.20. The van der Waals surface area contributed by atoms with Gasteiger partial charge in [0.25, 0.3) is 0 Å². The highest BCUT2D eigenvalue weighted by atomic mass is 14.9. The molecule has 0 saturated carbocycles. The maximum atomic E-state index is 4.52. The van der Waals surface area contributed by atoms with Crippen LogP contribution in [-0.4, -0.2) is 17.0 Å². The fourth-order valence-corrected chi connectivity index (χ4v) is 2.91. The summed E-state index contributed by atoms with van der Waals surface area (Å²) in [4.78, 5) is 8.91. The van der Waals surface area contributed by atoms with E-state index in [2.05, 4.69) is 33.5 Å². The summed E-state index contributed by atoms with van der Waals surface area (Å²) in [7, 11) is 2.02. The van der Waals surface area contributed by atoms with E-state index >= 15 is 0 Å². The quantitative estimate of drug-likeness (QED) is 0.852. The van der Waals surface area contributed by atoms with Crippen molar-refractivity contribution in [2.24, 2.45) is 0 Å². The first-order chi connectivity index (χ1) is 9.40. The second-order valence-corrected chi connectivity index (χ2v) is 5.02. The summed E-state index contributed by atoms with van der Waals surface area (Å²) in [6.45, 7) is 0. The number of para-hydroxylation sites is 1. The fraction of sp³-hybridized carbons (Fsp3) is 0.375. The monoisotopic (exact) mass is 253 g/mol. The summed E-state index contributed by atoms with van der Waals surface area (Å²) < 4.78 is 0. The normalized spacial score (nSPS) is 17.2. The van der Waals surface area contributed by atoms with Crippen molar-refractivity contribution >= 4 is 11.0 Å². The van der Waals surface area contributed by atoms with Crippen LogP contribution in [0, 0.1) is 0 Å². The van der Waals surface area contributed by atoms with Crippen LogP contribution in [0.5, 0.6) is 0 Å². The fourth-order valence-electron chi connectivity index (χ4n) is 2.91. The third kappa shape index (κ3) is 2.38. The van der Waals surface area contributed by atoms with Gasteiger partial charge in [-0.3, -0.25) is 9.97 Å². The highest BCUT2D eigenvalue weighted by Gasteiger charge is 2.19. The minimum absolute atomic E-state index is 0.265. The van der Waals surface area contributed by atoms with E-state index in [1.54, 1.807) is 12.4 Å². The number of fused-ring (bicyclic) bond motifs is 1. The van der Waals surface area contributed by atoms with E-state index in [0.29, 0.717) is 0 Å². The molecule has 1 aromatic carbocycles. The molecule has 1 aliphatic rings. The number of allylic oxidation sites excluding steroid dienone is 1. The van der Waals surface area contributed by atoms with Crippen LogP contribution < -0.4 is 5.32 Å². The van der Waals surface area contributed by atoms with Gasteiger partial charge in [0.2, 0.25) is 0 Å². The van der Waals surface area contributed by atoms with Crippen LogP contribution in [0.25, 0.3) is 11.0 Å². The second kappa shape index (κ2) is 5.49. The molecule has 0 spiro atoms. The van der Waals surface area contributed by atoms with Gasteiger partial charge in [-0.05, 0) is 38.8 Å². The van der Waals surface area contributed by atoms with Crippen LogP contribution in [0.15, 0.2) is 42.2 Å². The zero-order valence-corrected chi connectivity index (χ0v) is 11.3. The van der Waals surface area contributed by atoms with Gasteiger partial charge in [0.15, 0.2) is 0 Å². The average molecular weight is 253 g/mol. The number of benzene rings is 1. The molecule has 3 rings (SSSR count). The van der Waals surface area contributed by atoms with Crippen LogP contribution in [0.4, 0.5) is 0 Å². The van der Waals surface area contributed by atoms with E-state index in [1.165, 1.54) is 36.8 Å². The van der Waals surface area contributed by atoms with Crippen LogP contribution in [0.1, 0.15) is 37.3 Å². The van der Waals surface area contributed by atoms with E-state index in [1.807, 2.05) is 13.1 Å². The van der Waals surface area contributed by atoms with Crippen molar-refractivity contribution in [2.75, 3.05) is 7.05 Å². The Hall–Kier alpha value is -1.74. The molecule has 1 aromatic heterocycles. The van der Waals surface area contributed by atoms with Crippen LogP contribution in [0.2, 0.25) is 0 Å². The number of rotatable bonds is 3. The van der Waals surface area contributed by atoms with Gasteiger partial charge in [-0.25, -0.2) is 0 Å². The minimum Gasteiger partial charge on any atom is -0.310 e. The lowest BCUT2D eigenvalue weighted by Gasteiger charge is -2.24. The lowest BCUT2D eigenvalue weighted by atomic mass is 9.89. The van der Waals surface area contributed by atoms with E-state index in [9.17, 15) is 0 Å². The first-order valence-electron chi connectivity index (χ1n) is 6.96. The number of nitrogens with one attached hydrogen (secondary N) is 1. The molecule has 1 heterocycles. The molecule has 0 fully saturated rings. The van der Waals surface area contributed by atoms with Gasteiger partial charge in [0.05, 0.1) is 17.1 Å². The summed E-state index contributed by atoms with van der Waals surface area (Å²) in [5, 5.41) is 3.44. The van der Waals surface area contributed by atoms with Gasteiger partial charge >= 0.3 is 0 Å². The molecule has 19 heavy (non-hydrogen) atoms. The number of likely N-dealkylation sites (N-methyl/N-ethyl adjacent to an activating group) is 1. The van der Waals surface area contributed by atoms with Crippen LogP contribution in [-0.2, 0) is 0 Å². The molecule has 1 aliphatic carbocycles. The first kappa shape index (κ1) is 12.3. The molecular formula is C16H19N3.